The maximum Gasteiger partial charge on any atom is 0.250 e. The number of nitrogens with zero attached hydrogens (tertiary/aromatic N) is 1. The van der Waals surface area contributed by atoms with E-state index in [-0.39, 0.29) is 0 Å². The van der Waals surface area contributed by atoms with Gasteiger partial charge in [-0.15, -0.1) is 0 Å². The predicted molar refractivity (Wildman–Crippen MR) is 74.9 cm³/mol. The summed E-state index contributed by atoms with van der Waals surface area (Å²) in [4.78, 5) is 13.4. The van der Waals surface area contributed by atoms with Crippen LogP contribution in [0.25, 0.3) is 0 Å². The summed E-state index contributed by atoms with van der Waals surface area (Å²) in [6.07, 6.45) is 1.64. The summed E-state index contributed by atoms with van der Waals surface area (Å²) < 4.78 is 5.26. The molecular weight excluding hydrogens is 242 g/mol. The molecule has 0 aliphatic heterocycles. The highest BCUT2D eigenvalue weighted by molar-refractivity contribution is 6.01. The third-order valence-electron chi connectivity index (χ3n) is 3.09. The first-order chi connectivity index (χ1) is 9.00. The molecule has 0 saturated heterocycles. The van der Waals surface area contributed by atoms with Crippen LogP contribution in [-0.2, 0) is 6.54 Å². The Morgan fingerprint density at radius 3 is 2.68 bits per heavy atom. The normalized spacial score (nSPS) is 10.4. The monoisotopic (exact) mass is 259 g/mol. The fourth-order valence-corrected chi connectivity index (χ4v) is 2.10. The van der Waals surface area contributed by atoms with E-state index >= 15 is 0 Å². The van der Waals surface area contributed by atoms with Crippen LogP contribution in [0.15, 0.2) is 34.9 Å². The van der Waals surface area contributed by atoms with Crippen LogP contribution in [0.3, 0.4) is 0 Å². The fraction of sp³-hybridized carbons (Fsp3) is 0.214. The molecule has 4 N–H and O–H groups in total. The number of anilines is 2. The number of nitrogen functional groups attached to an aromatic ring is 1. The lowest BCUT2D eigenvalue weighted by Gasteiger charge is -2.23. The molecule has 0 fully saturated rings. The number of aryl methyl sites for hydroxylation is 1. The van der Waals surface area contributed by atoms with Gasteiger partial charge in [0.1, 0.15) is 5.76 Å². The quantitative estimate of drug-likeness (QED) is 0.821. The summed E-state index contributed by atoms with van der Waals surface area (Å²) >= 11 is 0. The zero-order chi connectivity index (χ0) is 14.0. The van der Waals surface area contributed by atoms with E-state index in [4.69, 9.17) is 15.9 Å². The SMILES string of the molecule is Cc1occc1CN(C)c1c(N)cccc1C(N)=O. The minimum atomic E-state index is -0.488. The van der Waals surface area contributed by atoms with Gasteiger partial charge < -0.3 is 20.8 Å². The van der Waals surface area contributed by atoms with Gasteiger partial charge in [-0.2, -0.15) is 0 Å². The summed E-state index contributed by atoms with van der Waals surface area (Å²) in [5, 5.41) is 0. The second-order valence-corrected chi connectivity index (χ2v) is 4.47. The molecule has 2 aromatic rings. The van der Waals surface area contributed by atoms with Crippen LogP contribution in [-0.4, -0.2) is 13.0 Å². The van der Waals surface area contributed by atoms with Crippen molar-refractivity contribution >= 4 is 17.3 Å². The van der Waals surface area contributed by atoms with E-state index in [0.29, 0.717) is 23.5 Å². The van der Waals surface area contributed by atoms with Gasteiger partial charge in [0, 0.05) is 19.2 Å². The molecule has 1 heterocycles. The van der Waals surface area contributed by atoms with Crippen LogP contribution in [0.2, 0.25) is 0 Å². The Bertz CT molecular complexity index is 604. The highest BCUT2D eigenvalue weighted by atomic mass is 16.3. The highest BCUT2D eigenvalue weighted by Crippen LogP contribution is 2.28. The molecule has 1 aromatic carbocycles. The van der Waals surface area contributed by atoms with Gasteiger partial charge >= 0.3 is 0 Å². The number of hydrogen-bond acceptors (Lipinski definition) is 4. The molecule has 19 heavy (non-hydrogen) atoms. The molecule has 0 spiro atoms. The van der Waals surface area contributed by atoms with Gasteiger partial charge in [-0.1, -0.05) is 6.07 Å². The summed E-state index contributed by atoms with van der Waals surface area (Å²) in [6.45, 7) is 2.49. The van der Waals surface area contributed by atoms with E-state index in [9.17, 15) is 4.79 Å². The van der Waals surface area contributed by atoms with E-state index in [1.807, 2.05) is 24.9 Å². The van der Waals surface area contributed by atoms with Gasteiger partial charge in [0.15, 0.2) is 0 Å². The Balaban J connectivity index is 2.36. The fourth-order valence-electron chi connectivity index (χ4n) is 2.10. The lowest BCUT2D eigenvalue weighted by molar-refractivity contribution is 0.100. The van der Waals surface area contributed by atoms with Crippen molar-refractivity contribution in [1.82, 2.24) is 0 Å². The van der Waals surface area contributed by atoms with Crippen LogP contribution in [0.5, 0.6) is 0 Å². The van der Waals surface area contributed by atoms with E-state index in [2.05, 4.69) is 0 Å². The molecule has 0 radical (unpaired) electrons. The number of benzene rings is 1. The minimum absolute atomic E-state index is 0.420. The van der Waals surface area contributed by atoms with E-state index in [1.165, 1.54) is 0 Å². The Hall–Kier alpha value is -2.43. The second-order valence-electron chi connectivity index (χ2n) is 4.47. The van der Waals surface area contributed by atoms with Crippen molar-refractivity contribution in [2.75, 3.05) is 17.7 Å². The largest absolute Gasteiger partial charge is 0.469 e. The topological polar surface area (TPSA) is 85.5 Å². The number of nitrogens with two attached hydrogens (primary N) is 2. The van der Waals surface area contributed by atoms with Crippen LogP contribution < -0.4 is 16.4 Å². The zero-order valence-corrected chi connectivity index (χ0v) is 11.0. The Morgan fingerprint density at radius 1 is 1.37 bits per heavy atom. The summed E-state index contributed by atoms with van der Waals surface area (Å²) in [5.41, 5.74) is 14.0. The second kappa shape index (κ2) is 5.06. The first-order valence-electron chi connectivity index (χ1n) is 5.93. The van der Waals surface area contributed by atoms with Gasteiger partial charge in [-0.25, -0.2) is 0 Å². The summed E-state index contributed by atoms with van der Waals surface area (Å²) in [6, 6.07) is 7.04. The first kappa shape index (κ1) is 13.0. The number of hydrogen-bond donors (Lipinski definition) is 2. The maximum absolute atomic E-state index is 11.5. The highest BCUT2D eigenvalue weighted by Gasteiger charge is 2.16. The number of carbonyl (C=O) groups excluding carboxylic acids is 1. The average molecular weight is 259 g/mol. The molecule has 0 atom stereocenters. The van der Waals surface area contributed by atoms with Crippen molar-refractivity contribution in [1.29, 1.82) is 0 Å². The van der Waals surface area contributed by atoms with Crippen LogP contribution in [0, 0.1) is 6.92 Å². The van der Waals surface area contributed by atoms with Crippen molar-refractivity contribution < 1.29 is 9.21 Å². The number of furan rings is 1. The molecule has 1 amide bonds. The number of rotatable bonds is 4. The molecule has 0 bridgehead atoms. The number of carbonyl (C=O) groups is 1. The van der Waals surface area contributed by atoms with Crippen molar-refractivity contribution in [3.63, 3.8) is 0 Å². The molecule has 5 nitrogen and oxygen atoms in total. The van der Waals surface area contributed by atoms with E-state index < -0.39 is 5.91 Å². The summed E-state index contributed by atoms with van der Waals surface area (Å²) in [7, 11) is 1.87. The van der Waals surface area contributed by atoms with E-state index in [0.717, 1.165) is 11.3 Å². The van der Waals surface area contributed by atoms with Crippen LogP contribution in [0.4, 0.5) is 11.4 Å². The van der Waals surface area contributed by atoms with Gasteiger partial charge in [-0.3, -0.25) is 4.79 Å². The third kappa shape index (κ3) is 2.54. The third-order valence-corrected chi connectivity index (χ3v) is 3.09. The lowest BCUT2D eigenvalue weighted by atomic mass is 10.1. The number of primary amides is 1. The summed E-state index contributed by atoms with van der Waals surface area (Å²) in [5.74, 6) is 0.361. The Labute approximate surface area is 111 Å². The number of amides is 1. The molecule has 0 aliphatic carbocycles. The van der Waals surface area contributed by atoms with Gasteiger partial charge in [0.25, 0.3) is 5.91 Å². The van der Waals surface area contributed by atoms with Gasteiger partial charge in [-0.05, 0) is 25.1 Å². The van der Waals surface area contributed by atoms with Crippen molar-refractivity contribution in [2.45, 2.75) is 13.5 Å². The molecule has 0 aliphatic rings. The average Bonchev–Trinajstić information content (AvgIpc) is 2.74. The Morgan fingerprint density at radius 2 is 2.11 bits per heavy atom. The molecule has 2 rings (SSSR count). The van der Waals surface area contributed by atoms with E-state index in [1.54, 1.807) is 24.5 Å². The van der Waals surface area contributed by atoms with Crippen LogP contribution >= 0.6 is 0 Å². The molecular formula is C14H17N3O2. The van der Waals surface area contributed by atoms with Crippen molar-refractivity contribution in [2.24, 2.45) is 5.73 Å². The molecule has 5 heteroatoms. The molecule has 1 aromatic heterocycles. The molecule has 0 saturated carbocycles. The standard InChI is InChI=1S/C14H17N3O2/c1-9-10(6-7-19-9)8-17(2)13-11(14(16)18)4-3-5-12(13)15/h3-7H,8,15H2,1-2H3,(H2,16,18). The van der Waals surface area contributed by atoms with Crippen LogP contribution in [0.1, 0.15) is 21.7 Å². The number of para-hydroxylation sites is 1. The molecule has 0 unspecified atom stereocenters. The zero-order valence-electron chi connectivity index (χ0n) is 11.0. The Kier molecular flexibility index (Phi) is 3.46. The maximum atomic E-state index is 11.5. The van der Waals surface area contributed by atoms with Crippen molar-refractivity contribution in [3.05, 3.63) is 47.4 Å². The van der Waals surface area contributed by atoms with Gasteiger partial charge in [0.05, 0.1) is 23.2 Å². The smallest absolute Gasteiger partial charge is 0.250 e. The van der Waals surface area contributed by atoms with Crippen molar-refractivity contribution in [3.8, 4) is 0 Å². The lowest BCUT2D eigenvalue weighted by Crippen LogP contribution is -2.23. The predicted octanol–water partition coefficient (Wildman–Crippen LogP) is 1.91. The minimum Gasteiger partial charge on any atom is -0.469 e. The first-order valence-corrected chi connectivity index (χ1v) is 5.93. The van der Waals surface area contributed by atoms with Gasteiger partial charge in [0.2, 0.25) is 0 Å². The molecule has 100 valence electrons.